The molecule has 6 nitrogen and oxygen atoms in total. The number of likely N-dealkylation sites (tertiary alicyclic amines) is 1. The van der Waals surface area contributed by atoms with Gasteiger partial charge in [0.05, 0.1) is 11.4 Å². The van der Waals surface area contributed by atoms with Crippen molar-refractivity contribution in [2.75, 3.05) is 26.2 Å². The molecule has 162 valence electrons. The Morgan fingerprint density at radius 1 is 0.967 bits per heavy atom. The van der Waals surface area contributed by atoms with E-state index in [1.807, 2.05) is 29.2 Å². The standard InChI is InChI=1S/C21H25Cl2N3O3S/c22-17-3-1-16(2-4-17)9-12-24-21(27)15-26-13-10-19(11-14-26)25-30(28,29)20-7-5-18(23)6-8-20/h1-8,19,25H,9-15H2,(H,24,27). The zero-order valence-electron chi connectivity index (χ0n) is 16.5. The molecule has 1 aliphatic heterocycles. The van der Waals surface area contributed by atoms with Gasteiger partial charge in [-0.2, -0.15) is 0 Å². The number of sulfonamides is 1. The van der Waals surface area contributed by atoms with Gasteiger partial charge in [0, 0.05) is 35.7 Å². The van der Waals surface area contributed by atoms with Crippen molar-refractivity contribution in [2.24, 2.45) is 0 Å². The lowest BCUT2D eigenvalue weighted by molar-refractivity contribution is -0.122. The summed E-state index contributed by atoms with van der Waals surface area (Å²) in [6.45, 7) is 2.21. The average Bonchev–Trinajstić information content (AvgIpc) is 2.71. The lowest BCUT2D eigenvalue weighted by Gasteiger charge is -2.31. The summed E-state index contributed by atoms with van der Waals surface area (Å²) in [5.41, 5.74) is 1.12. The molecule has 2 aromatic carbocycles. The van der Waals surface area contributed by atoms with E-state index >= 15 is 0 Å². The highest BCUT2D eigenvalue weighted by Gasteiger charge is 2.25. The fourth-order valence-corrected chi connectivity index (χ4v) is 4.92. The summed E-state index contributed by atoms with van der Waals surface area (Å²) in [5.74, 6) is -0.0239. The maximum atomic E-state index is 12.5. The van der Waals surface area contributed by atoms with Crippen LogP contribution in [0.25, 0.3) is 0 Å². The molecule has 0 spiro atoms. The maximum Gasteiger partial charge on any atom is 0.240 e. The number of hydrogen-bond acceptors (Lipinski definition) is 4. The summed E-state index contributed by atoms with van der Waals surface area (Å²) in [6, 6.07) is 13.5. The largest absolute Gasteiger partial charge is 0.355 e. The molecule has 2 N–H and O–H groups in total. The third-order valence-electron chi connectivity index (χ3n) is 5.05. The van der Waals surface area contributed by atoms with Crippen LogP contribution in [-0.2, 0) is 21.2 Å². The van der Waals surface area contributed by atoms with Crippen LogP contribution >= 0.6 is 23.2 Å². The molecule has 0 unspecified atom stereocenters. The lowest BCUT2D eigenvalue weighted by atomic mass is 10.1. The number of carbonyl (C=O) groups excluding carboxylic acids is 1. The van der Waals surface area contributed by atoms with E-state index in [9.17, 15) is 13.2 Å². The fourth-order valence-electron chi connectivity index (χ4n) is 3.37. The van der Waals surface area contributed by atoms with Crippen molar-refractivity contribution in [3.8, 4) is 0 Å². The fraction of sp³-hybridized carbons (Fsp3) is 0.381. The zero-order chi connectivity index (χ0) is 21.6. The molecular formula is C21H25Cl2N3O3S. The number of rotatable bonds is 8. The van der Waals surface area contributed by atoms with Gasteiger partial charge in [-0.15, -0.1) is 0 Å². The summed E-state index contributed by atoms with van der Waals surface area (Å²) >= 11 is 11.7. The highest BCUT2D eigenvalue weighted by Crippen LogP contribution is 2.17. The van der Waals surface area contributed by atoms with Crippen LogP contribution in [-0.4, -0.2) is 51.4 Å². The minimum atomic E-state index is -3.57. The molecule has 0 atom stereocenters. The Balaban J connectivity index is 1.38. The number of amides is 1. The summed E-state index contributed by atoms with van der Waals surface area (Å²) in [6.07, 6.45) is 2.06. The zero-order valence-corrected chi connectivity index (χ0v) is 18.8. The van der Waals surface area contributed by atoms with E-state index in [-0.39, 0.29) is 16.8 Å². The van der Waals surface area contributed by atoms with E-state index in [1.54, 1.807) is 12.1 Å². The second-order valence-electron chi connectivity index (χ2n) is 7.35. The van der Waals surface area contributed by atoms with Gasteiger partial charge in [0.1, 0.15) is 0 Å². The third kappa shape index (κ3) is 6.96. The van der Waals surface area contributed by atoms with Crippen LogP contribution in [0, 0.1) is 0 Å². The predicted octanol–water partition coefficient (Wildman–Crippen LogP) is 3.10. The number of halogens is 2. The SMILES string of the molecule is O=C(CN1CCC(NS(=O)(=O)c2ccc(Cl)cc2)CC1)NCCc1ccc(Cl)cc1. The van der Waals surface area contributed by atoms with Gasteiger partial charge >= 0.3 is 0 Å². The molecule has 3 rings (SSSR count). The van der Waals surface area contributed by atoms with Crippen molar-refractivity contribution >= 4 is 39.1 Å². The minimum absolute atomic E-state index is 0.0239. The monoisotopic (exact) mass is 469 g/mol. The van der Waals surface area contributed by atoms with Gasteiger partial charge in [0.15, 0.2) is 0 Å². The van der Waals surface area contributed by atoms with Crippen LogP contribution in [0.4, 0.5) is 0 Å². The second-order valence-corrected chi connectivity index (χ2v) is 9.94. The van der Waals surface area contributed by atoms with Crippen LogP contribution in [0.3, 0.4) is 0 Å². The van der Waals surface area contributed by atoms with E-state index in [4.69, 9.17) is 23.2 Å². The lowest BCUT2D eigenvalue weighted by Crippen LogP contribution is -2.47. The summed E-state index contributed by atoms with van der Waals surface area (Å²) < 4.78 is 27.7. The van der Waals surface area contributed by atoms with Crippen molar-refractivity contribution in [1.29, 1.82) is 0 Å². The number of nitrogens with zero attached hydrogens (tertiary/aromatic N) is 1. The van der Waals surface area contributed by atoms with Crippen LogP contribution in [0.5, 0.6) is 0 Å². The average molecular weight is 470 g/mol. The first-order chi connectivity index (χ1) is 14.3. The Bertz CT molecular complexity index is 942. The number of hydrogen-bond donors (Lipinski definition) is 2. The molecule has 1 fully saturated rings. The van der Waals surface area contributed by atoms with Gasteiger partial charge in [-0.05, 0) is 61.2 Å². The molecule has 1 saturated heterocycles. The van der Waals surface area contributed by atoms with Crippen molar-refractivity contribution in [1.82, 2.24) is 14.9 Å². The minimum Gasteiger partial charge on any atom is -0.355 e. The van der Waals surface area contributed by atoms with Gasteiger partial charge in [-0.3, -0.25) is 9.69 Å². The third-order valence-corrected chi connectivity index (χ3v) is 7.09. The number of nitrogens with one attached hydrogen (secondary N) is 2. The molecule has 0 aliphatic carbocycles. The van der Waals surface area contributed by atoms with E-state index in [0.29, 0.717) is 49.1 Å². The summed E-state index contributed by atoms with van der Waals surface area (Å²) in [4.78, 5) is 14.4. The van der Waals surface area contributed by atoms with Crippen molar-refractivity contribution in [2.45, 2.75) is 30.2 Å². The Labute approximate surface area is 187 Å². The molecule has 30 heavy (non-hydrogen) atoms. The highest BCUT2D eigenvalue weighted by atomic mass is 35.5. The maximum absolute atomic E-state index is 12.5. The first-order valence-corrected chi connectivity index (χ1v) is 12.1. The molecule has 9 heteroatoms. The summed E-state index contributed by atoms with van der Waals surface area (Å²) in [7, 11) is -3.57. The van der Waals surface area contributed by atoms with E-state index in [2.05, 4.69) is 10.0 Å². The first kappa shape index (κ1) is 23.0. The van der Waals surface area contributed by atoms with Gasteiger partial charge in [0.2, 0.25) is 15.9 Å². The van der Waals surface area contributed by atoms with E-state index < -0.39 is 10.0 Å². The number of piperidine rings is 1. The molecule has 1 aliphatic rings. The van der Waals surface area contributed by atoms with Crippen molar-refractivity contribution in [3.63, 3.8) is 0 Å². The Morgan fingerprint density at radius 3 is 2.13 bits per heavy atom. The highest BCUT2D eigenvalue weighted by molar-refractivity contribution is 7.89. The Hall–Kier alpha value is -1.64. The van der Waals surface area contributed by atoms with Crippen molar-refractivity contribution in [3.05, 3.63) is 64.1 Å². The van der Waals surface area contributed by atoms with Crippen LogP contribution in [0.15, 0.2) is 53.4 Å². The quantitative estimate of drug-likeness (QED) is 0.622. The van der Waals surface area contributed by atoms with Crippen LogP contribution < -0.4 is 10.0 Å². The molecule has 0 aromatic heterocycles. The second kappa shape index (κ2) is 10.6. The van der Waals surface area contributed by atoms with Crippen molar-refractivity contribution < 1.29 is 13.2 Å². The van der Waals surface area contributed by atoms with Crippen LogP contribution in [0.2, 0.25) is 10.0 Å². The van der Waals surface area contributed by atoms with Gasteiger partial charge in [0.25, 0.3) is 0 Å². The Morgan fingerprint density at radius 2 is 1.53 bits per heavy atom. The molecule has 1 amide bonds. The van der Waals surface area contributed by atoms with E-state index in [0.717, 1.165) is 12.0 Å². The molecule has 0 bridgehead atoms. The van der Waals surface area contributed by atoms with Crippen LogP contribution in [0.1, 0.15) is 18.4 Å². The first-order valence-electron chi connectivity index (χ1n) is 9.83. The van der Waals surface area contributed by atoms with Gasteiger partial charge < -0.3 is 5.32 Å². The molecule has 2 aromatic rings. The predicted molar refractivity (Wildman–Crippen MR) is 119 cm³/mol. The number of carbonyl (C=O) groups is 1. The topological polar surface area (TPSA) is 78.5 Å². The normalized spacial score (nSPS) is 15.8. The van der Waals surface area contributed by atoms with Gasteiger partial charge in [-0.1, -0.05) is 35.3 Å². The molecule has 1 heterocycles. The Kier molecular flexibility index (Phi) is 8.13. The molecule has 0 radical (unpaired) electrons. The summed E-state index contributed by atoms with van der Waals surface area (Å²) in [5, 5.41) is 4.12. The number of benzene rings is 2. The molecule has 0 saturated carbocycles. The van der Waals surface area contributed by atoms with Gasteiger partial charge in [-0.25, -0.2) is 13.1 Å². The molecular weight excluding hydrogens is 445 g/mol. The smallest absolute Gasteiger partial charge is 0.240 e. The van der Waals surface area contributed by atoms with E-state index in [1.165, 1.54) is 12.1 Å².